The highest BCUT2D eigenvalue weighted by Crippen LogP contribution is 2.30. The van der Waals surface area contributed by atoms with Crippen LogP contribution in [-0.2, 0) is 4.79 Å². The number of amides is 1. The van der Waals surface area contributed by atoms with Gasteiger partial charge in [0.1, 0.15) is 6.17 Å². The van der Waals surface area contributed by atoms with Crippen molar-refractivity contribution < 1.29 is 18.0 Å². The summed E-state index contributed by atoms with van der Waals surface area (Å²) in [6.45, 7) is 3.42. The normalized spacial score (nSPS) is 22.9. The number of hydrogen-bond donors (Lipinski definition) is 1. The fraction of sp³-hybridized carbons (Fsp3) is 0.533. The van der Waals surface area contributed by atoms with Crippen molar-refractivity contribution in [2.75, 3.05) is 6.54 Å². The Hall–Kier alpha value is -1.56. The number of nitrogens with one attached hydrogen (secondary N) is 1. The standard InChI is InChI=1S/C15H19F3N2O/c1-3-12-14(21)20(9-8-15(16,17)18)13(19-12)11-7-5-4-6-10(11)2/h4-7,12-13,19H,3,8-9H2,1-2H3. The molecular formula is C15H19F3N2O. The van der Waals surface area contributed by atoms with Crippen LogP contribution < -0.4 is 5.32 Å². The van der Waals surface area contributed by atoms with E-state index in [1.807, 2.05) is 38.1 Å². The lowest BCUT2D eigenvalue weighted by molar-refractivity contribution is -0.145. The molecule has 1 aromatic rings. The van der Waals surface area contributed by atoms with E-state index < -0.39 is 24.8 Å². The number of carbonyl (C=O) groups is 1. The van der Waals surface area contributed by atoms with E-state index in [1.54, 1.807) is 0 Å². The van der Waals surface area contributed by atoms with Crippen LogP contribution in [0.2, 0.25) is 0 Å². The summed E-state index contributed by atoms with van der Waals surface area (Å²) in [6, 6.07) is 7.02. The molecule has 1 aliphatic rings. The van der Waals surface area contributed by atoms with E-state index in [0.29, 0.717) is 6.42 Å². The summed E-state index contributed by atoms with van der Waals surface area (Å²) in [4.78, 5) is 13.6. The average Bonchev–Trinajstić information content (AvgIpc) is 2.72. The quantitative estimate of drug-likeness (QED) is 0.926. The van der Waals surface area contributed by atoms with Crippen LogP contribution in [0.3, 0.4) is 0 Å². The predicted molar refractivity (Wildman–Crippen MR) is 73.5 cm³/mol. The molecule has 116 valence electrons. The first-order chi connectivity index (χ1) is 9.83. The number of hydrogen-bond acceptors (Lipinski definition) is 2. The van der Waals surface area contributed by atoms with E-state index in [9.17, 15) is 18.0 Å². The van der Waals surface area contributed by atoms with Crippen molar-refractivity contribution in [3.05, 3.63) is 35.4 Å². The number of halogens is 3. The maximum Gasteiger partial charge on any atom is 0.390 e. The van der Waals surface area contributed by atoms with Gasteiger partial charge in [0.2, 0.25) is 5.91 Å². The van der Waals surface area contributed by atoms with Gasteiger partial charge >= 0.3 is 6.18 Å². The van der Waals surface area contributed by atoms with Crippen LogP contribution in [0.5, 0.6) is 0 Å². The third kappa shape index (κ3) is 3.56. The number of nitrogens with zero attached hydrogens (tertiary/aromatic N) is 1. The smallest absolute Gasteiger partial charge is 0.321 e. The van der Waals surface area contributed by atoms with Crippen molar-refractivity contribution in [3.8, 4) is 0 Å². The Kier molecular flexibility index (Phi) is 4.56. The highest BCUT2D eigenvalue weighted by molar-refractivity contribution is 5.84. The molecule has 1 aliphatic heterocycles. The monoisotopic (exact) mass is 300 g/mol. The third-order valence-electron chi connectivity index (χ3n) is 3.78. The fourth-order valence-corrected chi connectivity index (χ4v) is 2.61. The second kappa shape index (κ2) is 6.05. The summed E-state index contributed by atoms with van der Waals surface area (Å²) in [5, 5.41) is 3.14. The SMILES string of the molecule is CCC1NC(c2ccccc2C)N(CCC(F)(F)F)C1=O. The summed E-state index contributed by atoms with van der Waals surface area (Å²) in [5.74, 6) is -0.255. The zero-order valence-electron chi connectivity index (χ0n) is 12.1. The molecule has 1 amide bonds. The van der Waals surface area contributed by atoms with Crippen molar-refractivity contribution in [3.63, 3.8) is 0 Å². The molecule has 1 heterocycles. The van der Waals surface area contributed by atoms with Gasteiger partial charge in [-0.3, -0.25) is 10.1 Å². The van der Waals surface area contributed by atoms with Gasteiger partial charge in [0.05, 0.1) is 12.5 Å². The molecular weight excluding hydrogens is 281 g/mol. The molecule has 0 saturated carbocycles. The lowest BCUT2D eigenvalue weighted by Gasteiger charge is -2.26. The first-order valence-corrected chi connectivity index (χ1v) is 7.02. The van der Waals surface area contributed by atoms with Crippen LogP contribution >= 0.6 is 0 Å². The van der Waals surface area contributed by atoms with Gasteiger partial charge in [0.15, 0.2) is 0 Å². The predicted octanol–water partition coefficient (Wildman–Crippen LogP) is 3.16. The summed E-state index contributed by atoms with van der Waals surface area (Å²) < 4.78 is 37.4. The Bertz CT molecular complexity index is 516. The number of rotatable bonds is 4. The lowest BCUT2D eigenvalue weighted by atomic mass is 10.1. The molecule has 1 N–H and O–H groups in total. The second-order valence-corrected chi connectivity index (χ2v) is 5.28. The molecule has 1 aromatic carbocycles. The molecule has 0 spiro atoms. The second-order valence-electron chi connectivity index (χ2n) is 5.28. The van der Waals surface area contributed by atoms with Gasteiger partial charge in [0, 0.05) is 6.54 Å². The first kappa shape index (κ1) is 15.8. The zero-order valence-corrected chi connectivity index (χ0v) is 12.1. The average molecular weight is 300 g/mol. The summed E-state index contributed by atoms with van der Waals surface area (Å²) >= 11 is 0. The number of benzene rings is 1. The Morgan fingerprint density at radius 1 is 1.29 bits per heavy atom. The minimum absolute atomic E-state index is 0.255. The molecule has 0 radical (unpaired) electrons. The van der Waals surface area contributed by atoms with Gasteiger partial charge in [-0.05, 0) is 24.5 Å². The molecule has 0 bridgehead atoms. The molecule has 6 heteroatoms. The third-order valence-corrected chi connectivity index (χ3v) is 3.78. The molecule has 2 unspecified atom stereocenters. The summed E-state index contributed by atoms with van der Waals surface area (Å²) in [7, 11) is 0. The first-order valence-electron chi connectivity index (χ1n) is 7.02. The van der Waals surface area contributed by atoms with E-state index in [2.05, 4.69) is 5.32 Å². The molecule has 21 heavy (non-hydrogen) atoms. The van der Waals surface area contributed by atoms with E-state index in [-0.39, 0.29) is 12.5 Å². The fourth-order valence-electron chi connectivity index (χ4n) is 2.61. The lowest BCUT2D eigenvalue weighted by Crippen LogP contribution is -2.34. The summed E-state index contributed by atoms with van der Waals surface area (Å²) in [6.07, 6.45) is -5.17. The van der Waals surface area contributed by atoms with Crippen molar-refractivity contribution >= 4 is 5.91 Å². The Morgan fingerprint density at radius 3 is 2.52 bits per heavy atom. The van der Waals surface area contributed by atoms with Crippen LogP contribution in [0.15, 0.2) is 24.3 Å². The number of carbonyl (C=O) groups excluding carboxylic acids is 1. The highest BCUT2D eigenvalue weighted by atomic mass is 19.4. The van der Waals surface area contributed by atoms with Crippen molar-refractivity contribution in [2.24, 2.45) is 0 Å². The van der Waals surface area contributed by atoms with Crippen molar-refractivity contribution in [2.45, 2.75) is 45.1 Å². The van der Waals surface area contributed by atoms with E-state index in [1.165, 1.54) is 4.90 Å². The summed E-state index contributed by atoms with van der Waals surface area (Å²) in [5.41, 5.74) is 1.81. The molecule has 1 fully saturated rings. The van der Waals surface area contributed by atoms with Crippen LogP contribution in [0.1, 0.15) is 37.1 Å². The van der Waals surface area contributed by atoms with E-state index >= 15 is 0 Å². The molecule has 3 nitrogen and oxygen atoms in total. The van der Waals surface area contributed by atoms with Crippen LogP contribution in [-0.4, -0.2) is 29.6 Å². The minimum atomic E-state index is -4.26. The van der Waals surface area contributed by atoms with E-state index in [0.717, 1.165) is 11.1 Å². The van der Waals surface area contributed by atoms with Crippen LogP contribution in [0.4, 0.5) is 13.2 Å². The van der Waals surface area contributed by atoms with Gasteiger partial charge in [-0.2, -0.15) is 13.2 Å². The Morgan fingerprint density at radius 2 is 1.95 bits per heavy atom. The van der Waals surface area contributed by atoms with Crippen LogP contribution in [0, 0.1) is 6.92 Å². The van der Waals surface area contributed by atoms with Crippen molar-refractivity contribution in [1.29, 1.82) is 0 Å². The van der Waals surface area contributed by atoms with Gasteiger partial charge in [-0.25, -0.2) is 0 Å². The molecule has 1 saturated heterocycles. The number of aryl methyl sites for hydroxylation is 1. The Labute approximate surface area is 122 Å². The maximum absolute atomic E-state index is 12.5. The molecule has 0 aromatic heterocycles. The molecule has 2 rings (SSSR count). The molecule has 2 atom stereocenters. The largest absolute Gasteiger partial charge is 0.390 e. The minimum Gasteiger partial charge on any atom is -0.321 e. The van der Waals surface area contributed by atoms with Gasteiger partial charge < -0.3 is 4.90 Å². The zero-order chi connectivity index (χ0) is 15.6. The highest BCUT2D eigenvalue weighted by Gasteiger charge is 2.40. The van der Waals surface area contributed by atoms with Gasteiger partial charge in [-0.1, -0.05) is 31.2 Å². The number of alkyl halides is 3. The van der Waals surface area contributed by atoms with Gasteiger partial charge in [-0.15, -0.1) is 0 Å². The van der Waals surface area contributed by atoms with E-state index in [4.69, 9.17) is 0 Å². The molecule has 0 aliphatic carbocycles. The topological polar surface area (TPSA) is 32.3 Å². The Balaban J connectivity index is 2.24. The van der Waals surface area contributed by atoms with Gasteiger partial charge in [0.25, 0.3) is 0 Å². The van der Waals surface area contributed by atoms with Crippen molar-refractivity contribution in [1.82, 2.24) is 10.2 Å². The maximum atomic E-state index is 12.5. The van der Waals surface area contributed by atoms with Crippen LogP contribution in [0.25, 0.3) is 0 Å².